The lowest BCUT2D eigenvalue weighted by molar-refractivity contribution is -0.118. The van der Waals surface area contributed by atoms with E-state index in [4.69, 9.17) is 14.2 Å². The first kappa shape index (κ1) is 22.2. The maximum atomic E-state index is 12.5. The molecule has 0 spiro atoms. The van der Waals surface area contributed by atoms with Gasteiger partial charge in [0.2, 0.25) is 0 Å². The summed E-state index contributed by atoms with van der Waals surface area (Å²) in [5.74, 6) is 1.99. The van der Waals surface area contributed by atoms with Crippen LogP contribution in [-0.2, 0) is 11.4 Å². The highest BCUT2D eigenvalue weighted by Gasteiger charge is 2.12. The monoisotopic (exact) mass is 420 g/mol. The average Bonchev–Trinajstić information content (AvgIpc) is 2.82. The summed E-state index contributed by atoms with van der Waals surface area (Å²) < 4.78 is 17.1. The van der Waals surface area contributed by atoms with Crippen molar-refractivity contribution in [2.45, 2.75) is 32.8 Å². The van der Waals surface area contributed by atoms with Crippen LogP contribution in [0.25, 0.3) is 0 Å². The number of carbonyl (C=O) groups is 1. The zero-order valence-corrected chi connectivity index (χ0v) is 18.1. The topological polar surface area (TPSA) is 69.7 Å². The van der Waals surface area contributed by atoms with Crippen molar-refractivity contribution in [3.63, 3.8) is 0 Å². The van der Waals surface area contributed by atoms with Gasteiger partial charge in [-0.15, -0.1) is 0 Å². The maximum absolute atomic E-state index is 12.5. The number of ether oxygens (including phenoxy) is 3. The van der Waals surface area contributed by atoms with Gasteiger partial charge in [-0.05, 0) is 53.8 Å². The normalized spacial score (nSPS) is 11.5. The number of methoxy groups -OCH3 is 1. The number of aromatic nitrogens is 1. The second-order valence-corrected chi connectivity index (χ2v) is 7.19. The third-order valence-corrected chi connectivity index (χ3v) is 5.01. The molecule has 0 fully saturated rings. The van der Waals surface area contributed by atoms with Crippen molar-refractivity contribution in [3.05, 3.63) is 78.1 Å². The Morgan fingerprint density at radius 3 is 2.52 bits per heavy atom. The van der Waals surface area contributed by atoms with Gasteiger partial charge in [0.15, 0.2) is 18.1 Å². The van der Waals surface area contributed by atoms with Crippen molar-refractivity contribution in [2.24, 2.45) is 0 Å². The van der Waals surface area contributed by atoms with E-state index in [0.29, 0.717) is 29.7 Å². The molecule has 1 aromatic heterocycles. The summed E-state index contributed by atoms with van der Waals surface area (Å²) in [6, 6.07) is 16.9. The molecular formula is C25H28N2O4. The molecule has 0 bridgehead atoms. The van der Waals surface area contributed by atoms with Gasteiger partial charge in [-0.25, -0.2) is 0 Å². The first-order chi connectivity index (χ1) is 15.1. The van der Waals surface area contributed by atoms with E-state index >= 15 is 0 Å². The van der Waals surface area contributed by atoms with Crippen molar-refractivity contribution in [3.8, 4) is 17.2 Å². The quantitative estimate of drug-likeness (QED) is 0.488. The number of hydrogen-bond donors (Lipinski definition) is 1. The molecule has 3 rings (SSSR count). The molecule has 1 heterocycles. The summed E-state index contributed by atoms with van der Waals surface area (Å²) in [5.41, 5.74) is 2.70. The van der Waals surface area contributed by atoms with Crippen molar-refractivity contribution in [2.75, 3.05) is 19.0 Å². The van der Waals surface area contributed by atoms with Crippen LogP contribution in [0.3, 0.4) is 0 Å². The van der Waals surface area contributed by atoms with Crippen molar-refractivity contribution < 1.29 is 19.0 Å². The van der Waals surface area contributed by atoms with Crippen LogP contribution >= 0.6 is 0 Å². The lowest BCUT2D eigenvalue weighted by atomic mass is 9.98. The smallest absolute Gasteiger partial charge is 0.262 e. The van der Waals surface area contributed by atoms with Gasteiger partial charge >= 0.3 is 0 Å². The lowest BCUT2D eigenvalue weighted by Crippen LogP contribution is -2.20. The van der Waals surface area contributed by atoms with Crippen LogP contribution in [0.5, 0.6) is 17.2 Å². The minimum Gasteiger partial charge on any atom is -0.493 e. The number of amides is 1. The van der Waals surface area contributed by atoms with Crippen molar-refractivity contribution >= 4 is 11.6 Å². The van der Waals surface area contributed by atoms with Gasteiger partial charge < -0.3 is 19.5 Å². The average molecular weight is 421 g/mol. The van der Waals surface area contributed by atoms with Gasteiger partial charge in [-0.3, -0.25) is 9.78 Å². The molecule has 2 aromatic carbocycles. The van der Waals surface area contributed by atoms with Crippen LogP contribution in [-0.4, -0.2) is 24.6 Å². The molecule has 1 unspecified atom stereocenters. The number of rotatable bonds is 10. The number of hydrogen-bond acceptors (Lipinski definition) is 5. The van der Waals surface area contributed by atoms with E-state index < -0.39 is 0 Å². The molecule has 0 saturated carbocycles. The predicted molar refractivity (Wildman–Crippen MR) is 121 cm³/mol. The van der Waals surface area contributed by atoms with Crippen LogP contribution in [0, 0.1) is 0 Å². The predicted octanol–water partition coefficient (Wildman–Crippen LogP) is 5.20. The SMILES string of the molecule is CCC(C)c1ccccc1OCC(=O)Nc1ccc(OC)c(OCc2ccncc2)c1. The highest BCUT2D eigenvalue weighted by molar-refractivity contribution is 5.92. The molecule has 1 amide bonds. The molecule has 0 saturated heterocycles. The third-order valence-electron chi connectivity index (χ3n) is 5.01. The number of pyridine rings is 1. The second kappa shape index (κ2) is 11.0. The second-order valence-electron chi connectivity index (χ2n) is 7.19. The van der Waals surface area contributed by atoms with Crippen LogP contribution in [0.1, 0.15) is 37.3 Å². The molecule has 1 N–H and O–H groups in total. The Labute approximate surface area is 183 Å². The van der Waals surface area contributed by atoms with E-state index in [-0.39, 0.29) is 12.5 Å². The minimum atomic E-state index is -0.246. The Hall–Kier alpha value is -3.54. The number of nitrogens with one attached hydrogen (secondary N) is 1. The van der Waals surface area contributed by atoms with Gasteiger partial charge in [0.25, 0.3) is 5.91 Å². The van der Waals surface area contributed by atoms with Crippen molar-refractivity contribution in [1.29, 1.82) is 0 Å². The number of carbonyl (C=O) groups excluding carboxylic acids is 1. The summed E-state index contributed by atoms with van der Waals surface area (Å²) in [7, 11) is 1.58. The van der Waals surface area contributed by atoms with E-state index in [1.165, 1.54) is 0 Å². The van der Waals surface area contributed by atoms with Crippen LogP contribution in [0.2, 0.25) is 0 Å². The Balaban J connectivity index is 1.62. The Morgan fingerprint density at radius 1 is 1.00 bits per heavy atom. The molecule has 0 aliphatic heterocycles. The van der Waals surface area contributed by atoms with Crippen molar-refractivity contribution in [1.82, 2.24) is 4.98 Å². The van der Waals surface area contributed by atoms with Gasteiger partial charge in [0.05, 0.1) is 7.11 Å². The summed E-state index contributed by atoms with van der Waals surface area (Å²) >= 11 is 0. The van der Waals surface area contributed by atoms with Gasteiger partial charge in [-0.2, -0.15) is 0 Å². The summed E-state index contributed by atoms with van der Waals surface area (Å²) in [5, 5.41) is 2.86. The highest BCUT2D eigenvalue weighted by Crippen LogP contribution is 2.31. The van der Waals surface area contributed by atoms with Crippen LogP contribution in [0.4, 0.5) is 5.69 Å². The fraction of sp³-hybridized carbons (Fsp3) is 0.280. The molecule has 3 aromatic rings. The third kappa shape index (κ3) is 6.22. The Morgan fingerprint density at radius 2 is 1.77 bits per heavy atom. The fourth-order valence-electron chi connectivity index (χ4n) is 3.09. The maximum Gasteiger partial charge on any atom is 0.262 e. The standard InChI is InChI=1S/C25H28N2O4/c1-4-18(2)21-7-5-6-8-22(21)31-17-25(28)27-20-9-10-23(29-3)24(15-20)30-16-19-11-13-26-14-12-19/h5-15,18H,4,16-17H2,1-3H3,(H,27,28). The van der Waals surface area contributed by atoms with Crippen LogP contribution < -0.4 is 19.5 Å². The number of nitrogens with zero attached hydrogens (tertiary/aromatic N) is 1. The van der Waals surface area contributed by atoms with E-state index in [2.05, 4.69) is 24.1 Å². The zero-order chi connectivity index (χ0) is 22.1. The summed E-state index contributed by atoms with van der Waals surface area (Å²) in [6.07, 6.45) is 4.43. The molecule has 31 heavy (non-hydrogen) atoms. The van der Waals surface area contributed by atoms with E-state index in [1.54, 1.807) is 37.7 Å². The molecule has 6 nitrogen and oxygen atoms in total. The number of para-hydroxylation sites is 1. The molecule has 0 radical (unpaired) electrons. The summed E-state index contributed by atoms with van der Waals surface area (Å²) in [6.45, 7) is 4.57. The molecule has 162 valence electrons. The first-order valence-electron chi connectivity index (χ1n) is 10.3. The zero-order valence-electron chi connectivity index (χ0n) is 18.1. The highest BCUT2D eigenvalue weighted by atomic mass is 16.5. The summed E-state index contributed by atoms with van der Waals surface area (Å²) in [4.78, 5) is 16.5. The molecule has 6 heteroatoms. The molecule has 0 aliphatic carbocycles. The van der Waals surface area contributed by atoms with Crippen LogP contribution in [0.15, 0.2) is 67.0 Å². The first-order valence-corrected chi connectivity index (χ1v) is 10.3. The Kier molecular flexibility index (Phi) is 7.87. The number of anilines is 1. The number of benzene rings is 2. The largest absolute Gasteiger partial charge is 0.493 e. The minimum absolute atomic E-state index is 0.0767. The molecule has 1 atom stereocenters. The molecule has 0 aliphatic rings. The fourth-order valence-corrected chi connectivity index (χ4v) is 3.09. The van der Waals surface area contributed by atoms with E-state index in [9.17, 15) is 4.79 Å². The Bertz CT molecular complexity index is 992. The van der Waals surface area contributed by atoms with E-state index in [1.807, 2.05) is 36.4 Å². The molecular weight excluding hydrogens is 392 g/mol. The van der Waals surface area contributed by atoms with Gasteiger partial charge in [0.1, 0.15) is 12.4 Å². The van der Waals surface area contributed by atoms with E-state index in [0.717, 1.165) is 23.3 Å². The lowest BCUT2D eigenvalue weighted by Gasteiger charge is -2.16. The van der Waals surface area contributed by atoms with Gasteiger partial charge in [0, 0.05) is 24.1 Å². The van der Waals surface area contributed by atoms with Gasteiger partial charge in [-0.1, -0.05) is 32.0 Å².